The van der Waals surface area contributed by atoms with Gasteiger partial charge in [-0.05, 0) is 36.0 Å². The van der Waals surface area contributed by atoms with Gasteiger partial charge in [0.25, 0.3) is 0 Å². The Morgan fingerprint density at radius 3 is 2.70 bits per heavy atom. The molecule has 7 nitrogen and oxygen atoms in total. The number of benzene rings is 1. The second-order valence-electron chi connectivity index (χ2n) is 4.21. The second-order valence-corrected chi connectivity index (χ2v) is 5.06. The Morgan fingerprint density at radius 1 is 1.55 bits per heavy atom. The molecule has 0 aliphatic carbocycles. The molecule has 8 heteroatoms. The van der Waals surface area contributed by atoms with Gasteiger partial charge in [0.1, 0.15) is 12.1 Å². The van der Waals surface area contributed by atoms with Crippen LogP contribution in [0.4, 0.5) is 5.69 Å². The molecular formula is C12H15BrN2O5. The Kier molecular flexibility index (Phi) is 5.46. The number of methoxy groups -OCH3 is 1. The van der Waals surface area contributed by atoms with Gasteiger partial charge in [-0.25, -0.2) is 4.79 Å². The molecule has 0 heterocycles. The predicted molar refractivity (Wildman–Crippen MR) is 75.8 cm³/mol. The Bertz CT molecular complexity index is 523. The van der Waals surface area contributed by atoms with Gasteiger partial charge in [0, 0.05) is 6.07 Å². The maximum Gasteiger partial charge on any atom is 0.329 e. The summed E-state index contributed by atoms with van der Waals surface area (Å²) in [7, 11) is 2.84. The lowest BCUT2D eigenvalue weighted by Crippen LogP contribution is -2.52. The smallest absolute Gasteiger partial charge is 0.329 e. The summed E-state index contributed by atoms with van der Waals surface area (Å²) in [6, 6.07) is 4.48. The van der Waals surface area contributed by atoms with Crippen LogP contribution in [0.5, 0.6) is 5.75 Å². The molecule has 0 radical (unpaired) electrons. The average Bonchev–Trinajstić information content (AvgIpc) is 2.44. The molecule has 1 N–H and O–H groups in total. The summed E-state index contributed by atoms with van der Waals surface area (Å²) in [5, 5.41) is 13.7. The summed E-state index contributed by atoms with van der Waals surface area (Å²) in [5.41, 5.74) is -1.28. The highest BCUT2D eigenvalue weighted by Gasteiger charge is 2.34. The van der Waals surface area contributed by atoms with Gasteiger partial charge in [0.2, 0.25) is 5.75 Å². The first kappa shape index (κ1) is 16.4. The Hall–Kier alpha value is -1.67. The third-order valence-electron chi connectivity index (χ3n) is 2.84. The summed E-state index contributed by atoms with van der Waals surface area (Å²) in [6.07, 6.45) is 0. The molecule has 1 aromatic carbocycles. The summed E-state index contributed by atoms with van der Waals surface area (Å²) in [5.74, 6) is -0.447. The van der Waals surface area contributed by atoms with E-state index in [4.69, 9.17) is 4.74 Å². The van der Waals surface area contributed by atoms with Crippen LogP contribution >= 0.6 is 15.9 Å². The van der Waals surface area contributed by atoms with Gasteiger partial charge in [-0.15, -0.1) is 0 Å². The maximum absolute atomic E-state index is 11.7. The van der Waals surface area contributed by atoms with Crippen molar-refractivity contribution in [3.8, 4) is 5.75 Å². The van der Waals surface area contributed by atoms with Crippen LogP contribution in [0.15, 0.2) is 22.7 Å². The third-order valence-corrected chi connectivity index (χ3v) is 3.46. The van der Waals surface area contributed by atoms with Crippen LogP contribution in [0.25, 0.3) is 0 Å². The largest absolute Gasteiger partial charge is 0.483 e. The zero-order valence-corrected chi connectivity index (χ0v) is 12.9. The molecule has 0 saturated heterocycles. The number of carbonyl (C=O) groups excluding carboxylic acids is 1. The fraction of sp³-hybridized carbons (Fsp3) is 0.417. The van der Waals surface area contributed by atoms with Crippen molar-refractivity contribution < 1.29 is 19.2 Å². The first-order chi connectivity index (χ1) is 9.35. The molecule has 0 spiro atoms. The van der Waals surface area contributed by atoms with Crippen molar-refractivity contribution >= 4 is 27.6 Å². The molecule has 1 rings (SSSR count). The van der Waals surface area contributed by atoms with Crippen molar-refractivity contribution in [1.82, 2.24) is 5.32 Å². The van der Waals surface area contributed by atoms with Crippen molar-refractivity contribution in [3.05, 3.63) is 32.8 Å². The third kappa shape index (κ3) is 3.45. The Balaban J connectivity index is 3.00. The molecule has 0 amide bonds. The van der Waals surface area contributed by atoms with Crippen LogP contribution in [0.1, 0.15) is 6.92 Å². The number of para-hydroxylation sites is 1. The molecule has 0 saturated carbocycles. The zero-order valence-electron chi connectivity index (χ0n) is 11.3. The van der Waals surface area contributed by atoms with Crippen LogP contribution < -0.4 is 10.1 Å². The molecule has 0 aliphatic rings. The molecule has 0 aromatic heterocycles. The van der Waals surface area contributed by atoms with E-state index in [9.17, 15) is 14.9 Å². The van der Waals surface area contributed by atoms with Crippen LogP contribution in [0.2, 0.25) is 0 Å². The van der Waals surface area contributed by atoms with Gasteiger partial charge >= 0.3 is 11.7 Å². The number of esters is 1. The number of halogens is 1. The van der Waals surface area contributed by atoms with Crippen molar-refractivity contribution in [2.45, 2.75) is 12.5 Å². The number of nitro benzene ring substituents is 1. The van der Waals surface area contributed by atoms with E-state index in [1.807, 2.05) is 0 Å². The Morgan fingerprint density at radius 2 is 2.20 bits per heavy atom. The molecule has 20 heavy (non-hydrogen) atoms. The number of rotatable bonds is 6. The highest BCUT2D eigenvalue weighted by atomic mass is 79.9. The normalized spacial score (nSPS) is 13.4. The molecular weight excluding hydrogens is 332 g/mol. The van der Waals surface area contributed by atoms with E-state index in [0.29, 0.717) is 4.47 Å². The standard InChI is InChI=1S/C12H15BrN2O5/c1-12(14-2,11(16)19-3)7-20-10-8(13)5-4-6-9(10)15(17)18/h4-6,14H,7H2,1-3H3. The van der Waals surface area contributed by atoms with Gasteiger partial charge in [0.15, 0.2) is 0 Å². The predicted octanol–water partition coefficient (Wildman–Crippen LogP) is 1.89. The summed E-state index contributed by atoms with van der Waals surface area (Å²) in [4.78, 5) is 22.1. The Labute approximate surface area is 124 Å². The molecule has 0 bridgehead atoms. The lowest BCUT2D eigenvalue weighted by molar-refractivity contribution is -0.386. The number of nitrogens with one attached hydrogen (secondary N) is 1. The van der Waals surface area contributed by atoms with E-state index in [0.717, 1.165) is 0 Å². The van der Waals surface area contributed by atoms with Crippen LogP contribution in [0, 0.1) is 10.1 Å². The lowest BCUT2D eigenvalue weighted by Gasteiger charge is -2.26. The minimum Gasteiger partial charge on any atom is -0.483 e. The molecule has 1 unspecified atom stereocenters. The van der Waals surface area contributed by atoms with Gasteiger partial charge in [-0.2, -0.15) is 0 Å². The highest BCUT2D eigenvalue weighted by Crippen LogP contribution is 2.35. The minimum atomic E-state index is -1.10. The lowest BCUT2D eigenvalue weighted by atomic mass is 10.1. The number of hydrogen-bond donors (Lipinski definition) is 1. The number of likely N-dealkylation sites (N-methyl/N-ethyl adjacent to an activating group) is 1. The van der Waals surface area contributed by atoms with Gasteiger partial charge in [-0.3, -0.25) is 10.1 Å². The zero-order chi connectivity index (χ0) is 15.3. The van der Waals surface area contributed by atoms with Crippen molar-refractivity contribution in [3.63, 3.8) is 0 Å². The summed E-state index contributed by atoms with van der Waals surface area (Å²) < 4.78 is 10.6. The topological polar surface area (TPSA) is 90.7 Å². The van der Waals surface area contributed by atoms with E-state index >= 15 is 0 Å². The van der Waals surface area contributed by atoms with Crippen LogP contribution in [-0.2, 0) is 9.53 Å². The maximum atomic E-state index is 11.7. The first-order valence-electron chi connectivity index (χ1n) is 5.68. The highest BCUT2D eigenvalue weighted by molar-refractivity contribution is 9.10. The molecule has 110 valence electrons. The molecule has 1 aromatic rings. The summed E-state index contributed by atoms with van der Waals surface area (Å²) >= 11 is 3.19. The van der Waals surface area contributed by atoms with Crippen molar-refractivity contribution in [2.75, 3.05) is 20.8 Å². The fourth-order valence-corrected chi connectivity index (χ4v) is 1.93. The molecule has 0 aliphatic heterocycles. The van der Waals surface area contributed by atoms with Crippen LogP contribution in [0.3, 0.4) is 0 Å². The van der Waals surface area contributed by atoms with Crippen LogP contribution in [-0.4, -0.2) is 37.2 Å². The van der Waals surface area contributed by atoms with Gasteiger partial charge in [-0.1, -0.05) is 6.07 Å². The quantitative estimate of drug-likeness (QED) is 0.480. The van der Waals surface area contributed by atoms with Crippen molar-refractivity contribution in [2.24, 2.45) is 0 Å². The van der Waals surface area contributed by atoms with Gasteiger partial charge < -0.3 is 14.8 Å². The fourth-order valence-electron chi connectivity index (χ4n) is 1.46. The first-order valence-corrected chi connectivity index (χ1v) is 6.48. The number of nitro groups is 1. The molecule has 1 atom stereocenters. The monoisotopic (exact) mass is 346 g/mol. The average molecular weight is 347 g/mol. The number of ether oxygens (including phenoxy) is 2. The number of carbonyl (C=O) groups is 1. The molecule has 0 fully saturated rings. The van der Waals surface area contributed by atoms with E-state index in [1.54, 1.807) is 20.0 Å². The minimum absolute atomic E-state index is 0.0721. The second kappa shape index (κ2) is 6.67. The number of nitrogens with zero attached hydrogens (tertiary/aromatic N) is 1. The van der Waals surface area contributed by atoms with E-state index in [2.05, 4.69) is 26.0 Å². The van der Waals surface area contributed by atoms with E-state index < -0.39 is 16.4 Å². The number of hydrogen-bond acceptors (Lipinski definition) is 6. The SMILES string of the molecule is CNC(C)(COc1c(Br)cccc1[N+](=O)[O-])C(=O)OC. The van der Waals surface area contributed by atoms with E-state index in [-0.39, 0.29) is 18.0 Å². The van der Waals surface area contributed by atoms with E-state index in [1.165, 1.54) is 19.2 Å². The summed E-state index contributed by atoms with van der Waals surface area (Å²) in [6.45, 7) is 1.47. The van der Waals surface area contributed by atoms with Crippen molar-refractivity contribution in [1.29, 1.82) is 0 Å². The van der Waals surface area contributed by atoms with Gasteiger partial charge in [0.05, 0.1) is 16.5 Å².